The molecule has 0 radical (unpaired) electrons. The van der Waals surface area contributed by atoms with Crippen LogP contribution in [0.25, 0.3) is 0 Å². The van der Waals surface area contributed by atoms with E-state index in [9.17, 15) is 9.59 Å². The first-order valence-electron chi connectivity index (χ1n) is 9.74. The van der Waals surface area contributed by atoms with Gasteiger partial charge in [-0.15, -0.1) is 11.8 Å². The van der Waals surface area contributed by atoms with Crippen molar-refractivity contribution in [1.82, 2.24) is 5.32 Å². The number of amides is 2. The Kier molecular flexibility index (Phi) is 7.98. The summed E-state index contributed by atoms with van der Waals surface area (Å²) in [4.78, 5) is 25.9. The Morgan fingerprint density at radius 1 is 1.13 bits per heavy atom. The number of nitrogens with one attached hydrogen (secondary N) is 2. The van der Waals surface area contributed by atoms with Crippen molar-refractivity contribution in [3.05, 3.63) is 48.0 Å². The normalized spacial score (nSPS) is 15.5. The van der Waals surface area contributed by atoms with Crippen LogP contribution in [-0.4, -0.2) is 51.0 Å². The van der Waals surface area contributed by atoms with Gasteiger partial charge in [-0.3, -0.25) is 9.59 Å². The van der Waals surface area contributed by atoms with E-state index in [1.165, 1.54) is 11.8 Å². The van der Waals surface area contributed by atoms with Crippen molar-refractivity contribution in [2.45, 2.75) is 23.8 Å². The molecule has 0 spiro atoms. The molecule has 1 atom stereocenters. The summed E-state index contributed by atoms with van der Waals surface area (Å²) in [5, 5.41) is 5.72. The predicted molar refractivity (Wildman–Crippen MR) is 117 cm³/mol. The Balaban J connectivity index is 1.56. The lowest BCUT2D eigenvalue weighted by Gasteiger charge is -2.14. The zero-order valence-corrected chi connectivity index (χ0v) is 17.9. The van der Waals surface area contributed by atoms with E-state index < -0.39 is 0 Å². The van der Waals surface area contributed by atoms with Crippen molar-refractivity contribution < 1.29 is 23.8 Å². The molecule has 1 aliphatic rings. The Bertz CT molecular complexity index is 884. The second kappa shape index (κ2) is 10.9. The molecule has 0 saturated carbocycles. The first-order chi connectivity index (χ1) is 14.6. The third kappa shape index (κ3) is 5.90. The molecule has 1 saturated heterocycles. The van der Waals surface area contributed by atoms with Crippen LogP contribution < -0.4 is 20.1 Å². The van der Waals surface area contributed by atoms with Crippen LogP contribution in [0.3, 0.4) is 0 Å². The van der Waals surface area contributed by atoms with Gasteiger partial charge in [0.2, 0.25) is 5.91 Å². The number of ether oxygens (including phenoxy) is 3. The zero-order valence-electron chi connectivity index (χ0n) is 17.1. The lowest BCUT2D eigenvalue weighted by Crippen LogP contribution is -2.32. The number of thioether (sulfide) groups is 1. The van der Waals surface area contributed by atoms with Crippen molar-refractivity contribution in [2.24, 2.45) is 0 Å². The van der Waals surface area contributed by atoms with Crippen molar-refractivity contribution in [2.75, 3.05) is 38.4 Å². The van der Waals surface area contributed by atoms with Crippen LogP contribution in [-0.2, 0) is 9.53 Å². The van der Waals surface area contributed by atoms with Gasteiger partial charge in [0.05, 0.1) is 37.3 Å². The molecule has 1 fully saturated rings. The van der Waals surface area contributed by atoms with Crippen LogP contribution in [0.5, 0.6) is 11.5 Å². The molecule has 8 heteroatoms. The molecule has 1 heterocycles. The van der Waals surface area contributed by atoms with Gasteiger partial charge in [-0.05, 0) is 43.2 Å². The topological polar surface area (TPSA) is 85.9 Å². The Morgan fingerprint density at radius 3 is 2.67 bits per heavy atom. The lowest BCUT2D eigenvalue weighted by molar-refractivity contribution is -0.113. The van der Waals surface area contributed by atoms with Gasteiger partial charge in [0.1, 0.15) is 0 Å². The van der Waals surface area contributed by atoms with Gasteiger partial charge < -0.3 is 24.8 Å². The number of methoxy groups -OCH3 is 2. The number of carbonyl (C=O) groups is 2. The fourth-order valence-electron chi connectivity index (χ4n) is 3.14. The summed E-state index contributed by atoms with van der Waals surface area (Å²) < 4.78 is 16.0. The highest BCUT2D eigenvalue weighted by molar-refractivity contribution is 8.00. The van der Waals surface area contributed by atoms with E-state index in [1.54, 1.807) is 44.6 Å². The SMILES string of the molecule is COc1ccc(SCC(=O)Nc2ccccc2C(=O)NCC2CCCO2)cc1OC. The summed E-state index contributed by atoms with van der Waals surface area (Å²) in [6.07, 6.45) is 2.03. The highest BCUT2D eigenvalue weighted by atomic mass is 32.2. The smallest absolute Gasteiger partial charge is 0.253 e. The fourth-order valence-corrected chi connectivity index (χ4v) is 3.86. The van der Waals surface area contributed by atoms with Gasteiger partial charge in [0.15, 0.2) is 11.5 Å². The predicted octanol–water partition coefficient (Wildman–Crippen LogP) is 3.34. The molecule has 7 nitrogen and oxygen atoms in total. The standard InChI is InChI=1S/C22H26N2O5S/c1-27-19-10-9-16(12-20(19)28-2)30-14-21(25)24-18-8-4-3-7-17(18)22(26)23-13-15-6-5-11-29-15/h3-4,7-10,12,15H,5-6,11,13-14H2,1-2H3,(H,23,26)(H,24,25). The van der Waals surface area contributed by atoms with Crippen LogP contribution in [0.15, 0.2) is 47.4 Å². The molecule has 3 rings (SSSR count). The first-order valence-corrected chi connectivity index (χ1v) is 10.7. The molecule has 1 aliphatic heterocycles. The summed E-state index contributed by atoms with van der Waals surface area (Å²) in [6.45, 7) is 1.21. The number of anilines is 1. The lowest BCUT2D eigenvalue weighted by atomic mass is 10.1. The van der Waals surface area contributed by atoms with E-state index in [4.69, 9.17) is 14.2 Å². The average Bonchev–Trinajstić information content (AvgIpc) is 3.30. The van der Waals surface area contributed by atoms with Crippen LogP contribution in [0.4, 0.5) is 5.69 Å². The molecule has 30 heavy (non-hydrogen) atoms. The van der Waals surface area contributed by atoms with Crippen LogP contribution >= 0.6 is 11.8 Å². The van der Waals surface area contributed by atoms with Gasteiger partial charge in [0.25, 0.3) is 5.91 Å². The number of rotatable bonds is 9. The fraction of sp³-hybridized carbons (Fsp3) is 0.364. The maximum absolute atomic E-state index is 12.6. The highest BCUT2D eigenvalue weighted by Gasteiger charge is 2.18. The van der Waals surface area contributed by atoms with Gasteiger partial charge >= 0.3 is 0 Å². The highest BCUT2D eigenvalue weighted by Crippen LogP contribution is 2.31. The summed E-state index contributed by atoms with van der Waals surface area (Å²) >= 11 is 1.37. The molecule has 0 bridgehead atoms. The van der Waals surface area contributed by atoms with Crippen molar-refractivity contribution in [1.29, 1.82) is 0 Å². The minimum atomic E-state index is -0.228. The van der Waals surface area contributed by atoms with E-state index >= 15 is 0 Å². The molecule has 2 aromatic rings. The van der Waals surface area contributed by atoms with E-state index in [1.807, 2.05) is 12.1 Å². The maximum Gasteiger partial charge on any atom is 0.253 e. The third-order valence-electron chi connectivity index (χ3n) is 4.68. The summed E-state index contributed by atoms with van der Waals surface area (Å²) in [5.41, 5.74) is 0.917. The monoisotopic (exact) mass is 430 g/mol. The van der Waals surface area contributed by atoms with Crippen molar-refractivity contribution in [3.8, 4) is 11.5 Å². The van der Waals surface area contributed by atoms with Gasteiger partial charge in [-0.1, -0.05) is 12.1 Å². The number of para-hydroxylation sites is 1. The van der Waals surface area contributed by atoms with E-state index in [-0.39, 0.29) is 23.7 Å². The molecule has 2 aromatic carbocycles. The number of carbonyl (C=O) groups excluding carboxylic acids is 2. The average molecular weight is 431 g/mol. The zero-order chi connectivity index (χ0) is 21.3. The molecule has 0 aromatic heterocycles. The first kappa shape index (κ1) is 22.0. The van der Waals surface area contributed by atoms with Crippen LogP contribution in [0, 0.1) is 0 Å². The second-order valence-electron chi connectivity index (χ2n) is 6.74. The van der Waals surface area contributed by atoms with Gasteiger partial charge in [-0.25, -0.2) is 0 Å². The molecular weight excluding hydrogens is 404 g/mol. The van der Waals surface area contributed by atoms with Crippen LogP contribution in [0.2, 0.25) is 0 Å². The largest absolute Gasteiger partial charge is 0.493 e. The Morgan fingerprint density at radius 2 is 1.93 bits per heavy atom. The Hall–Kier alpha value is -2.71. The quantitative estimate of drug-likeness (QED) is 0.594. The summed E-state index contributed by atoms with van der Waals surface area (Å²) in [6, 6.07) is 12.5. The van der Waals surface area contributed by atoms with E-state index in [2.05, 4.69) is 10.6 Å². The molecule has 160 valence electrons. The van der Waals surface area contributed by atoms with Gasteiger partial charge in [-0.2, -0.15) is 0 Å². The van der Waals surface area contributed by atoms with Gasteiger partial charge in [0, 0.05) is 18.0 Å². The van der Waals surface area contributed by atoms with E-state index in [0.717, 1.165) is 24.3 Å². The number of benzene rings is 2. The third-order valence-corrected chi connectivity index (χ3v) is 5.68. The van der Waals surface area contributed by atoms with Crippen LogP contribution in [0.1, 0.15) is 23.2 Å². The Labute approximate surface area is 180 Å². The molecule has 0 aliphatic carbocycles. The maximum atomic E-state index is 12.6. The van der Waals surface area contributed by atoms with Crippen molar-refractivity contribution in [3.63, 3.8) is 0 Å². The molecule has 2 N–H and O–H groups in total. The summed E-state index contributed by atoms with van der Waals surface area (Å²) in [5.74, 6) is 1.01. The number of hydrogen-bond acceptors (Lipinski definition) is 6. The number of hydrogen-bond donors (Lipinski definition) is 2. The molecular formula is C22H26N2O5S. The minimum Gasteiger partial charge on any atom is -0.493 e. The van der Waals surface area contributed by atoms with Crippen molar-refractivity contribution >= 4 is 29.3 Å². The second-order valence-corrected chi connectivity index (χ2v) is 7.79. The summed E-state index contributed by atoms with van der Waals surface area (Å²) in [7, 11) is 3.15. The van der Waals surface area contributed by atoms with E-state index in [0.29, 0.717) is 29.3 Å². The molecule has 2 amide bonds. The minimum absolute atomic E-state index is 0.0635. The molecule has 1 unspecified atom stereocenters.